The van der Waals surface area contributed by atoms with E-state index >= 15 is 0 Å². The molecule has 5 heterocycles. The molecule has 0 fully saturated rings. The van der Waals surface area contributed by atoms with E-state index in [1.165, 1.54) is 44.6 Å². The second kappa shape index (κ2) is 8.79. The number of para-hydroxylation sites is 2. The molecule has 0 unspecified atom stereocenters. The van der Waals surface area contributed by atoms with Crippen molar-refractivity contribution in [1.29, 1.82) is 0 Å². The molecule has 4 aromatic carbocycles. The number of nitrogens with zero attached hydrogens (tertiary/aromatic N) is 6. The summed E-state index contributed by atoms with van der Waals surface area (Å²) in [4.78, 5) is 20.9. The minimum atomic E-state index is -0.00919. The topological polar surface area (TPSA) is 48.4 Å². The van der Waals surface area contributed by atoms with Crippen LogP contribution in [0.4, 0.5) is 28.7 Å². The van der Waals surface area contributed by atoms with Crippen LogP contribution in [0.25, 0.3) is 33.5 Å². The van der Waals surface area contributed by atoms with E-state index in [0.717, 1.165) is 28.6 Å². The zero-order valence-corrected chi connectivity index (χ0v) is 23.0. The van der Waals surface area contributed by atoms with Crippen molar-refractivity contribution in [3.8, 4) is 33.5 Å². The van der Waals surface area contributed by atoms with Crippen molar-refractivity contribution < 1.29 is 0 Å². The minimum absolute atomic E-state index is 0.00919. The van der Waals surface area contributed by atoms with E-state index in [4.69, 9.17) is 4.98 Å². The van der Waals surface area contributed by atoms with Crippen molar-refractivity contribution in [1.82, 2.24) is 15.0 Å². The van der Waals surface area contributed by atoms with Crippen LogP contribution in [0.3, 0.4) is 0 Å². The molecule has 0 bridgehead atoms. The third kappa shape index (κ3) is 3.25. The van der Waals surface area contributed by atoms with Gasteiger partial charge in [0.2, 0.25) is 0 Å². The van der Waals surface area contributed by atoms with Gasteiger partial charge in [0.25, 0.3) is 0 Å². The molecule has 7 heteroatoms. The van der Waals surface area contributed by atoms with E-state index in [0.29, 0.717) is 6.67 Å². The Hall–Kier alpha value is -5.43. The highest BCUT2D eigenvalue weighted by atomic mass is 15.4. The Morgan fingerprint density at radius 1 is 0.595 bits per heavy atom. The fourth-order valence-electron chi connectivity index (χ4n) is 6.93. The van der Waals surface area contributed by atoms with Gasteiger partial charge >= 0.3 is 6.85 Å². The van der Waals surface area contributed by atoms with Crippen molar-refractivity contribution in [2.45, 2.75) is 0 Å². The van der Waals surface area contributed by atoms with E-state index < -0.39 is 0 Å². The predicted octanol–water partition coefficient (Wildman–Crippen LogP) is 5.99. The summed E-state index contributed by atoms with van der Waals surface area (Å²) in [5, 5.41) is 0. The Labute approximate surface area is 244 Å². The summed E-state index contributed by atoms with van der Waals surface area (Å²) in [6.45, 7) is 0.692. The molecule has 3 aliphatic rings. The maximum absolute atomic E-state index is 4.71. The van der Waals surface area contributed by atoms with E-state index in [2.05, 4.69) is 129 Å². The van der Waals surface area contributed by atoms with Crippen LogP contribution in [0.5, 0.6) is 0 Å². The Morgan fingerprint density at radius 3 is 2.00 bits per heavy atom. The highest BCUT2D eigenvalue weighted by Gasteiger charge is 2.43. The normalized spacial score (nSPS) is 14.0. The Balaban J connectivity index is 1.31. The highest BCUT2D eigenvalue weighted by molar-refractivity contribution is 6.92. The minimum Gasteiger partial charge on any atom is -0.376 e. The number of aromatic nitrogens is 3. The van der Waals surface area contributed by atoms with Crippen molar-refractivity contribution in [3.05, 3.63) is 122 Å². The summed E-state index contributed by atoms with van der Waals surface area (Å²) in [5.41, 5.74) is 13.2. The first-order chi connectivity index (χ1) is 20.8. The zero-order chi connectivity index (χ0) is 27.8. The molecule has 0 atom stereocenters. The van der Waals surface area contributed by atoms with Crippen LogP contribution in [0.15, 0.2) is 122 Å². The molecule has 2 aromatic heterocycles. The van der Waals surface area contributed by atoms with Crippen LogP contribution in [-0.4, -0.2) is 35.5 Å². The predicted molar refractivity (Wildman–Crippen MR) is 172 cm³/mol. The number of pyridine rings is 1. The molecule has 6 aromatic rings. The van der Waals surface area contributed by atoms with Gasteiger partial charge in [-0.2, -0.15) is 0 Å². The molecule has 3 aliphatic heterocycles. The number of anilines is 5. The molecule has 0 saturated carbocycles. The Bertz CT molecular complexity index is 2030. The van der Waals surface area contributed by atoms with Gasteiger partial charge < -0.3 is 14.6 Å². The molecule has 0 spiro atoms. The third-order valence-electron chi connectivity index (χ3n) is 8.75. The Morgan fingerprint density at radius 2 is 1.26 bits per heavy atom. The first kappa shape index (κ1) is 23.3. The smallest absolute Gasteiger partial charge is 0.329 e. The summed E-state index contributed by atoms with van der Waals surface area (Å²) in [6, 6.07) is 37.4. The molecule has 0 amide bonds. The van der Waals surface area contributed by atoms with Gasteiger partial charge in [-0.25, -0.2) is 9.97 Å². The van der Waals surface area contributed by atoms with Crippen LogP contribution >= 0.6 is 0 Å². The summed E-state index contributed by atoms with van der Waals surface area (Å²) < 4.78 is 0. The second-order valence-corrected chi connectivity index (χ2v) is 11.1. The molecule has 0 saturated heterocycles. The molecule has 0 N–H and O–H groups in total. The first-order valence-corrected chi connectivity index (χ1v) is 14.2. The molecule has 0 radical (unpaired) electrons. The fourth-order valence-corrected chi connectivity index (χ4v) is 6.93. The number of benzene rings is 4. The Kier molecular flexibility index (Phi) is 4.87. The highest BCUT2D eigenvalue weighted by Crippen LogP contribution is 2.47. The van der Waals surface area contributed by atoms with Crippen LogP contribution < -0.4 is 25.5 Å². The SMILES string of the molecule is CN1CN(c2ccc3c(c2)B2c4cc(-c5ccccn5)ccc4-c4ccccc4N2c2ccccc2-3)c2nccnc21. The molecule has 0 aliphatic carbocycles. The average molecular weight is 540 g/mol. The summed E-state index contributed by atoms with van der Waals surface area (Å²) in [5.74, 6) is 1.79. The van der Waals surface area contributed by atoms with Crippen LogP contribution in [-0.2, 0) is 0 Å². The number of hydrogen-bond donors (Lipinski definition) is 0. The van der Waals surface area contributed by atoms with Gasteiger partial charge in [0, 0.05) is 53.8 Å². The maximum Gasteiger partial charge on any atom is 0.329 e. The van der Waals surface area contributed by atoms with E-state index in [9.17, 15) is 0 Å². The van der Waals surface area contributed by atoms with E-state index in [1.54, 1.807) is 12.4 Å². The van der Waals surface area contributed by atoms with Crippen molar-refractivity contribution in [3.63, 3.8) is 0 Å². The molecule has 6 nitrogen and oxygen atoms in total. The lowest BCUT2D eigenvalue weighted by Crippen LogP contribution is -2.59. The second-order valence-electron chi connectivity index (χ2n) is 11.1. The monoisotopic (exact) mass is 540 g/mol. The molecule has 42 heavy (non-hydrogen) atoms. The first-order valence-electron chi connectivity index (χ1n) is 14.2. The lowest BCUT2D eigenvalue weighted by atomic mass is 9.43. The van der Waals surface area contributed by atoms with Crippen LogP contribution in [0.2, 0.25) is 0 Å². The summed E-state index contributed by atoms with van der Waals surface area (Å²) >= 11 is 0. The van der Waals surface area contributed by atoms with Gasteiger partial charge in [0.1, 0.15) is 0 Å². The van der Waals surface area contributed by atoms with Gasteiger partial charge in [-0.15, -0.1) is 0 Å². The fraction of sp³-hybridized carbons (Fsp3) is 0.0571. The summed E-state index contributed by atoms with van der Waals surface area (Å²) in [6.07, 6.45) is 5.40. The molecule has 198 valence electrons. The van der Waals surface area contributed by atoms with Gasteiger partial charge in [-0.1, -0.05) is 66.7 Å². The van der Waals surface area contributed by atoms with Crippen molar-refractivity contribution >= 4 is 46.5 Å². The van der Waals surface area contributed by atoms with Crippen LogP contribution in [0, 0.1) is 0 Å². The van der Waals surface area contributed by atoms with Crippen LogP contribution in [0.1, 0.15) is 0 Å². The average Bonchev–Trinajstić information content (AvgIpc) is 3.40. The van der Waals surface area contributed by atoms with E-state index in [-0.39, 0.29) is 6.85 Å². The standard InChI is InChI=1S/C35H25BN6/c1-40-22-41(35-34(40)38-18-19-39-35)24-14-16-26-28-9-3-5-12-33(28)42-32-11-4-2-8-27(32)25-15-13-23(31-10-6-7-17-37-31)20-29(25)36(42)30(26)21-24/h2-21H,22H2,1H3. The number of fused-ring (bicyclic) bond motifs is 12. The molecular formula is C35H25BN6. The lowest BCUT2D eigenvalue weighted by Gasteiger charge is -2.43. The molecular weight excluding hydrogens is 515 g/mol. The number of hydrogen-bond acceptors (Lipinski definition) is 6. The third-order valence-corrected chi connectivity index (χ3v) is 8.75. The largest absolute Gasteiger partial charge is 0.376 e. The van der Waals surface area contributed by atoms with Gasteiger partial charge in [0.15, 0.2) is 11.6 Å². The quantitative estimate of drug-likeness (QED) is 0.252. The lowest BCUT2D eigenvalue weighted by molar-refractivity contribution is 0.936. The van der Waals surface area contributed by atoms with Crippen molar-refractivity contribution in [2.75, 3.05) is 28.3 Å². The number of rotatable bonds is 2. The summed E-state index contributed by atoms with van der Waals surface area (Å²) in [7, 11) is 2.07. The van der Waals surface area contributed by atoms with Gasteiger partial charge in [-0.05, 0) is 64.0 Å². The molecule has 9 rings (SSSR count). The van der Waals surface area contributed by atoms with Crippen molar-refractivity contribution in [2.24, 2.45) is 0 Å². The van der Waals surface area contributed by atoms with Gasteiger partial charge in [0.05, 0.1) is 12.4 Å². The van der Waals surface area contributed by atoms with Gasteiger partial charge in [-0.3, -0.25) is 4.98 Å². The maximum atomic E-state index is 4.71. The zero-order valence-electron chi connectivity index (χ0n) is 23.0. The van der Waals surface area contributed by atoms with E-state index in [1.807, 2.05) is 12.3 Å².